The summed E-state index contributed by atoms with van der Waals surface area (Å²) in [5, 5.41) is 14.4. The van der Waals surface area contributed by atoms with Gasteiger partial charge in [0.15, 0.2) is 0 Å². The average molecular weight is 346 g/mol. The van der Waals surface area contributed by atoms with Gasteiger partial charge in [0.25, 0.3) is 0 Å². The lowest BCUT2D eigenvalue weighted by Crippen LogP contribution is -2.53. The van der Waals surface area contributed by atoms with Crippen LogP contribution in [0.2, 0.25) is 0 Å². The summed E-state index contributed by atoms with van der Waals surface area (Å²) in [6.07, 6.45) is 4.02. The molecule has 7 heteroatoms. The molecule has 0 radical (unpaired) electrons. The second-order valence-corrected chi connectivity index (χ2v) is 6.84. The maximum absolute atomic E-state index is 13.4. The van der Waals surface area contributed by atoms with Gasteiger partial charge < -0.3 is 20.1 Å². The summed E-state index contributed by atoms with van der Waals surface area (Å²) < 4.78 is 18.9. The fraction of sp³-hybridized carbons (Fsp3) is 0.556. The van der Waals surface area contributed by atoms with Gasteiger partial charge in [0.2, 0.25) is 5.95 Å². The number of anilines is 1. The van der Waals surface area contributed by atoms with Crippen LogP contribution in [0, 0.1) is 5.82 Å². The van der Waals surface area contributed by atoms with Crippen molar-refractivity contribution in [3.8, 4) is 0 Å². The van der Waals surface area contributed by atoms with E-state index in [1.807, 2.05) is 0 Å². The molecule has 2 aliphatic rings. The number of nitrogens with zero attached hydrogens (tertiary/aromatic N) is 3. The van der Waals surface area contributed by atoms with Gasteiger partial charge in [-0.3, -0.25) is 0 Å². The van der Waals surface area contributed by atoms with E-state index in [4.69, 9.17) is 4.74 Å². The Morgan fingerprint density at radius 1 is 1.24 bits per heavy atom. The zero-order valence-corrected chi connectivity index (χ0v) is 14.1. The van der Waals surface area contributed by atoms with Crippen LogP contribution in [0.3, 0.4) is 0 Å². The summed E-state index contributed by atoms with van der Waals surface area (Å²) in [5.41, 5.74) is 0.632. The molecule has 6 nitrogen and oxygen atoms in total. The van der Waals surface area contributed by atoms with Gasteiger partial charge >= 0.3 is 0 Å². The predicted octanol–water partition coefficient (Wildman–Crippen LogP) is 1.48. The van der Waals surface area contributed by atoms with E-state index < -0.39 is 0 Å². The highest BCUT2D eigenvalue weighted by molar-refractivity contribution is 5.78. The number of aromatic nitrogens is 2. The molecule has 2 N–H and O–H groups in total. The number of aliphatic hydroxyl groups is 1. The highest BCUT2D eigenvalue weighted by Crippen LogP contribution is 2.21. The molecule has 0 unspecified atom stereocenters. The van der Waals surface area contributed by atoms with Crippen molar-refractivity contribution >= 4 is 16.9 Å². The molecule has 1 aromatic carbocycles. The Balaban J connectivity index is 1.38. The zero-order valence-electron chi connectivity index (χ0n) is 14.1. The van der Waals surface area contributed by atoms with Gasteiger partial charge in [-0.2, -0.15) is 0 Å². The molecule has 25 heavy (non-hydrogen) atoms. The van der Waals surface area contributed by atoms with Crippen LogP contribution in [0.1, 0.15) is 19.3 Å². The average Bonchev–Trinajstić information content (AvgIpc) is 2.64. The fourth-order valence-electron chi connectivity index (χ4n) is 3.57. The number of benzene rings is 1. The monoisotopic (exact) mass is 346 g/mol. The Hall–Kier alpha value is -1.83. The number of rotatable bonds is 3. The highest BCUT2D eigenvalue weighted by Gasteiger charge is 2.28. The molecule has 2 aliphatic heterocycles. The molecule has 0 saturated carbocycles. The number of aliphatic hydroxyl groups excluding tert-OH is 1. The molecule has 2 fully saturated rings. The summed E-state index contributed by atoms with van der Waals surface area (Å²) in [4.78, 5) is 11.1. The fourth-order valence-corrected chi connectivity index (χ4v) is 3.57. The van der Waals surface area contributed by atoms with E-state index in [0.29, 0.717) is 37.1 Å². The molecular formula is C18H23FN4O2. The Morgan fingerprint density at radius 3 is 2.88 bits per heavy atom. The largest absolute Gasteiger partial charge is 0.391 e. The first-order valence-corrected chi connectivity index (χ1v) is 8.88. The minimum absolute atomic E-state index is 0.0187. The molecule has 134 valence electrons. The van der Waals surface area contributed by atoms with Crippen LogP contribution in [-0.2, 0) is 4.74 Å². The van der Waals surface area contributed by atoms with Crippen LogP contribution >= 0.6 is 0 Å². The molecular weight excluding hydrogens is 323 g/mol. The lowest BCUT2D eigenvalue weighted by molar-refractivity contribution is -0.0198. The molecule has 4 rings (SSSR count). The third-order valence-corrected chi connectivity index (χ3v) is 5.08. The van der Waals surface area contributed by atoms with E-state index in [9.17, 15) is 9.50 Å². The zero-order chi connectivity index (χ0) is 17.2. The maximum Gasteiger partial charge on any atom is 0.225 e. The number of ether oxygens (including phenoxy) is 1. The van der Waals surface area contributed by atoms with Crippen molar-refractivity contribution in [2.24, 2.45) is 0 Å². The Bertz CT molecular complexity index is 736. The molecule has 0 spiro atoms. The third-order valence-electron chi connectivity index (χ3n) is 5.08. The molecule has 0 amide bonds. The number of halogens is 1. The maximum atomic E-state index is 13.4. The molecule has 3 heterocycles. The number of hydrogen-bond donors (Lipinski definition) is 2. The lowest BCUT2D eigenvalue weighted by Gasteiger charge is -2.37. The van der Waals surface area contributed by atoms with Crippen LogP contribution in [-0.4, -0.2) is 59.6 Å². The lowest BCUT2D eigenvalue weighted by atomic mass is 10.0. The number of hydrogen-bond acceptors (Lipinski definition) is 6. The van der Waals surface area contributed by atoms with Crippen molar-refractivity contribution < 1.29 is 14.2 Å². The number of piperidine rings is 1. The van der Waals surface area contributed by atoms with Gasteiger partial charge in [-0.25, -0.2) is 14.4 Å². The summed E-state index contributed by atoms with van der Waals surface area (Å²) in [5.74, 6) is 0.367. The summed E-state index contributed by atoms with van der Waals surface area (Å²) >= 11 is 0. The summed E-state index contributed by atoms with van der Waals surface area (Å²) in [6.45, 7) is 2.88. The number of nitrogens with one attached hydrogen (secondary N) is 1. The summed E-state index contributed by atoms with van der Waals surface area (Å²) in [7, 11) is 0. The Kier molecular flexibility index (Phi) is 4.78. The van der Waals surface area contributed by atoms with Gasteiger partial charge in [0.1, 0.15) is 5.82 Å². The van der Waals surface area contributed by atoms with Crippen molar-refractivity contribution in [3.63, 3.8) is 0 Å². The van der Waals surface area contributed by atoms with Crippen LogP contribution in [0.25, 0.3) is 10.9 Å². The molecule has 2 aromatic rings. The van der Waals surface area contributed by atoms with E-state index >= 15 is 0 Å². The topological polar surface area (TPSA) is 70.5 Å². The predicted molar refractivity (Wildman–Crippen MR) is 93.1 cm³/mol. The van der Waals surface area contributed by atoms with Crippen LogP contribution in [0.5, 0.6) is 0 Å². The summed E-state index contributed by atoms with van der Waals surface area (Å²) in [6, 6.07) is 4.94. The smallest absolute Gasteiger partial charge is 0.225 e. The SMILES string of the molecule is O[C@@H]1CCOC[C@H]1NC1CCN(c2ncc3ccc(F)cc3n2)CC1. The standard InChI is InChI=1S/C18H23FN4O2/c19-13-2-1-12-10-20-18(22-15(12)9-13)23-6-3-14(4-7-23)21-16-11-25-8-5-17(16)24/h1-2,9-10,14,16-17,21,24H,3-8,11H2/t16-,17-/m1/s1. The normalized spacial score (nSPS) is 25.4. The van der Waals surface area contributed by atoms with Crippen molar-refractivity contribution in [2.45, 2.75) is 37.5 Å². The third kappa shape index (κ3) is 3.73. The highest BCUT2D eigenvalue weighted by atomic mass is 19.1. The second kappa shape index (κ2) is 7.19. The number of fused-ring (bicyclic) bond motifs is 1. The van der Waals surface area contributed by atoms with Crippen LogP contribution in [0.4, 0.5) is 10.3 Å². The Morgan fingerprint density at radius 2 is 2.08 bits per heavy atom. The van der Waals surface area contributed by atoms with Gasteiger partial charge in [-0.05, 0) is 31.4 Å². The molecule has 0 aliphatic carbocycles. The van der Waals surface area contributed by atoms with E-state index in [1.165, 1.54) is 12.1 Å². The van der Waals surface area contributed by atoms with E-state index in [2.05, 4.69) is 20.2 Å². The first-order chi connectivity index (χ1) is 12.2. The quantitative estimate of drug-likeness (QED) is 0.877. The molecule has 1 aromatic heterocycles. The second-order valence-electron chi connectivity index (χ2n) is 6.84. The van der Waals surface area contributed by atoms with E-state index in [0.717, 1.165) is 31.3 Å². The van der Waals surface area contributed by atoms with E-state index in [1.54, 1.807) is 12.3 Å². The van der Waals surface area contributed by atoms with Crippen molar-refractivity contribution in [1.29, 1.82) is 0 Å². The van der Waals surface area contributed by atoms with Gasteiger partial charge in [0, 0.05) is 43.4 Å². The van der Waals surface area contributed by atoms with Crippen LogP contribution in [0.15, 0.2) is 24.4 Å². The Labute approximate surface area is 146 Å². The molecule has 0 bridgehead atoms. The van der Waals surface area contributed by atoms with Gasteiger partial charge in [0.05, 0.1) is 24.3 Å². The van der Waals surface area contributed by atoms with Crippen molar-refractivity contribution in [2.75, 3.05) is 31.2 Å². The van der Waals surface area contributed by atoms with Crippen molar-refractivity contribution in [3.05, 3.63) is 30.2 Å². The van der Waals surface area contributed by atoms with E-state index in [-0.39, 0.29) is 18.0 Å². The molecule has 2 atom stereocenters. The minimum atomic E-state index is -0.328. The van der Waals surface area contributed by atoms with Gasteiger partial charge in [-0.1, -0.05) is 0 Å². The first-order valence-electron chi connectivity index (χ1n) is 8.88. The van der Waals surface area contributed by atoms with Crippen LogP contribution < -0.4 is 10.2 Å². The first kappa shape index (κ1) is 16.6. The molecule has 2 saturated heterocycles. The minimum Gasteiger partial charge on any atom is -0.391 e. The van der Waals surface area contributed by atoms with Crippen molar-refractivity contribution in [1.82, 2.24) is 15.3 Å². The van der Waals surface area contributed by atoms with Gasteiger partial charge in [-0.15, -0.1) is 0 Å².